The fourth-order valence-corrected chi connectivity index (χ4v) is 2.13. The van der Waals surface area contributed by atoms with Gasteiger partial charge in [0.1, 0.15) is 24.4 Å². The molecule has 2 N–H and O–H groups in total. The first kappa shape index (κ1) is 13.9. The number of hydrogen-bond acceptors (Lipinski definition) is 6. The topological polar surface area (TPSA) is 77.4 Å². The van der Waals surface area contributed by atoms with E-state index in [1.165, 1.54) is 0 Å². The average molecular weight is 260 g/mol. The van der Waals surface area contributed by atoms with Gasteiger partial charge in [0, 0.05) is 0 Å². The van der Waals surface area contributed by atoms with Crippen LogP contribution in [0.5, 0.6) is 0 Å². The van der Waals surface area contributed by atoms with Gasteiger partial charge in [-0.05, 0) is 13.8 Å². The zero-order chi connectivity index (χ0) is 13.3. The Hall–Kier alpha value is -0.500. The highest BCUT2D eigenvalue weighted by Crippen LogP contribution is 2.32. The van der Waals surface area contributed by atoms with Gasteiger partial charge in [-0.15, -0.1) is 6.58 Å². The summed E-state index contributed by atoms with van der Waals surface area (Å²) >= 11 is 0. The van der Waals surface area contributed by atoms with Crippen LogP contribution in [0.4, 0.5) is 0 Å². The van der Waals surface area contributed by atoms with E-state index >= 15 is 0 Å². The lowest BCUT2D eigenvalue weighted by Crippen LogP contribution is -2.64. The molecule has 0 radical (unpaired) electrons. The monoisotopic (exact) mass is 260 g/mol. The van der Waals surface area contributed by atoms with Gasteiger partial charge in [0.2, 0.25) is 0 Å². The van der Waals surface area contributed by atoms with Crippen LogP contribution in [0.25, 0.3) is 0 Å². The van der Waals surface area contributed by atoms with Crippen molar-refractivity contribution in [1.29, 1.82) is 0 Å². The number of hydrogen-bond donors (Lipinski definition) is 2. The van der Waals surface area contributed by atoms with Crippen molar-refractivity contribution >= 4 is 0 Å². The Labute approximate surface area is 106 Å². The molecule has 2 aliphatic rings. The Morgan fingerprint density at radius 1 is 1.39 bits per heavy atom. The smallest absolute Gasteiger partial charge is 0.187 e. The highest BCUT2D eigenvalue weighted by atomic mass is 16.8. The molecule has 18 heavy (non-hydrogen) atoms. The van der Waals surface area contributed by atoms with Gasteiger partial charge in [0.15, 0.2) is 12.1 Å². The fourth-order valence-electron chi connectivity index (χ4n) is 2.13. The summed E-state index contributed by atoms with van der Waals surface area (Å²) in [5.74, 6) is -0.792. The SMILES string of the molecule is C=CCO[C@H]1O[C@@H]2COC(C)(C)O[C@@H]2[C@H](O)[C@H]1O. The molecule has 6 nitrogen and oxygen atoms in total. The second-order valence-corrected chi connectivity index (χ2v) is 4.94. The normalized spacial score (nSPS) is 43.2. The lowest BCUT2D eigenvalue weighted by Gasteiger charge is -2.48. The van der Waals surface area contributed by atoms with Crippen molar-refractivity contribution in [2.45, 2.75) is 50.3 Å². The van der Waals surface area contributed by atoms with Crippen molar-refractivity contribution in [2.75, 3.05) is 13.2 Å². The standard InChI is InChI=1S/C12H20O6/c1-4-5-15-11-9(14)8(13)10-7(17-11)6-16-12(2,3)18-10/h4,7-11,13-14H,1,5-6H2,2-3H3/t7-,8-,9-,10+,11+/m1/s1. The van der Waals surface area contributed by atoms with Gasteiger partial charge in [-0.25, -0.2) is 0 Å². The quantitative estimate of drug-likeness (QED) is 0.684. The third-order valence-electron chi connectivity index (χ3n) is 3.03. The Kier molecular flexibility index (Phi) is 4.05. The van der Waals surface area contributed by atoms with Crippen LogP contribution in [0.2, 0.25) is 0 Å². The molecule has 2 fully saturated rings. The minimum Gasteiger partial charge on any atom is -0.387 e. The van der Waals surface area contributed by atoms with Crippen molar-refractivity contribution in [3.63, 3.8) is 0 Å². The summed E-state index contributed by atoms with van der Waals surface area (Å²) in [6.07, 6.45) is -2.64. The van der Waals surface area contributed by atoms with Gasteiger partial charge in [-0.2, -0.15) is 0 Å². The number of aliphatic hydroxyl groups excluding tert-OH is 2. The second kappa shape index (κ2) is 5.24. The molecule has 5 atom stereocenters. The van der Waals surface area contributed by atoms with E-state index in [2.05, 4.69) is 6.58 Å². The Morgan fingerprint density at radius 3 is 2.78 bits per heavy atom. The summed E-state index contributed by atoms with van der Waals surface area (Å²) in [6, 6.07) is 0. The van der Waals surface area contributed by atoms with E-state index in [1.54, 1.807) is 19.9 Å². The molecule has 2 aliphatic heterocycles. The van der Waals surface area contributed by atoms with Crippen molar-refractivity contribution in [3.8, 4) is 0 Å². The first-order valence-corrected chi connectivity index (χ1v) is 6.00. The minimum absolute atomic E-state index is 0.235. The lowest BCUT2D eigenvalue weighted by atomic mass is 9.97. The van der Waals surface area contributed by atoms with E-state index in [9.17, 15) is 10.2 Å². The number of ether oxygens (including phenoxy) is 4. The largest absolute Gasteiger partial charge is 0.387 e. The molecule has 0 amide bonds. The second-order valence-electron chi connectivity index (χ2n) is 4.94. The molecule has 0 bridgehead atoms. The molecule has 0 aromatic rings. The Morgan fingerprint density at radius 2 is 2.11 bits per heavy atom. The third kappa shape index (κ3) is 2.74. The maximum atomic E-state index is 10.1. The molecule has 6 heteroatoms. The van der Waals surface area contributed by atoms with E-state index in [-0.39, 0.29) is 13.2 Å². The molecule has 0 spiro atoms. The highest BCUT2D eigenvalue weighted by molar-refractivity contribution is 4.93. The molecule has 2 heterocycles. The molecule has 2 saturated heterocycles. The highest BCUT2D eigenvalue weighted by Gasteiger charge is 2.50. The zero-order valence-corrected chi connectivity index (χ0v) is 10.6. The van der Waals surface area contributed by atoms with Crippen LogP contribution in [-0.2, 0) is 18.9 Å². The van der Waals surface area contributed by atoms with Crippen LogP contribution in [0.15, 0.2) is 12.7 Å². The predicted octanol–water partition coefficient (Wildman–Crippen LogP) is -0.213. The summed E-state index contributed by atoms with van der Waals surface area (Å²) in [6.45, 7) is 7.54. The summed E-state index contributed by atoms with van der Waals surface area (Å²) in [4.78, 5) is 0. The Balaban J connectivity index is 2.04. The summed E-state index contributed by atoms with van der Waals surface area (Å²) in [5, 5.41) is 20.0. The van der Waals surface area contributed by atoms with Gasteiger partial charge in [0.25, 0.3) is 0 Å². The van der Waals surface area contributed by atoms with E-state index in [0.29, 0.717) is 0 Å². The van der Waals surface area contributed by atoms with Crippen LogP contribution < -0.4 is 0 Å². The van der Waals surface area contributed by atoms with Gasteiger partial charge in [-0.1, -0.05) is 6.08 Å². The molecular formula is C12H20O6. The fraction of sp³-hybridized carbons (Fsp3) is 0.833. The average Bonchev–Trinajstić information content (AvgIpc) is 2.32. The van der Waals surface area contributed by atoms with Crippen LogP contribution in [0, 0.1) is 0 Å². The van der Waals surface area contributed by atoms with Gasteiger partial charge < -0.3 is 29.2 Å². The molecular weight excluding hydrogens is 240 g/mol. The van der Waals surface area contributed by atoms with E-state index in [1.807, 2.05) is 0 Å². The summed E-state index contributed by atoms with van der Waals surface area (Å²) in [7, 11) is 0. The minimum atomic E-state index is -1.15. The molecule has 0 aromatic heterocycles. The van der Waals surface area contributed by atoms with Crippen molar-refractivity contribution in [3.05, 3.63) is 12.7 Å². The zero-order valence-electron chi connectivity index (χ0n) is 10.6. The molecule has 104 valence electrons. The lowest BCUT2D eigenvalue weighted by molar-refractivity contribution is -0.381. The van der Waals surface area contributed by atoms with Crippen LogP contribution in [-0.4, -0.2) is 59.9 Å². The van der Waals surface area contributed by atoms with Crippen molar-refractivity contribution < 1.29 is 29.2 Å². The maximum absolute atomic E-state index is 10.1. The van der Waals surface area contributed by atoms with Crippen LogP contribution >= 0.6 is 0 Å². The van der Waals surface area contributed by atoms with Crippen LogP contribution in [0.1, 0.15) is 13.8 Å². The number of fused-ring (bicyclic) bond motifs is 1. The summed E-state index contributed by atoms with van der Waals surface area (Å²) < 4.78 is 21.8. The van der Waals surface area contributed by atoms with Crippen molar-refractivity contribution in [2.24, 2.45) is 0 Å². The molecule has 2 rings (SSSR count). The van der Waals surface area contributed by atoms with Gasteiger partial charge >= 0.3 is 0 Å². The van der Waals surface area contributed by atoms with Crippen molar-refractivity contribution in [1.82, 2.24) is 0 Å². The van der Waals surface area contributed by atoms with Gasteiger partial charge in [0.05, 0.1) is 13.2 Å². The number of aliphatic hydroxyl groups is 2. The maximum Gasteiger partial charge on any atom is 0.187 e. The molecule has 0 saturated carbocycles. The van der Waals surface area contributed by atoms with E-state index in [4.69, 9.17) is 18.9 Å². The first-order valence-electron chi connectivity index (χ1n) is 6.00. The van der Waals surface area contributed by atoms with E-state index < -0.39 is 36.5 Å². The molecule has 0 unspecified atom stereocenters. The first-order chi connectivity index (χ1) is 8.44. The predicted molar refractivity (Wildman–Crippen MR) is 61.7 cm³/mol. The van der Waals surface area contributed by atoms with Gasteiger partial charge in [-0.3, -0.25) is 0 Å². The Bertz CT molecular complexity index is 303. The van der Waals surface area contributed by atoms with Crippen LogP contribution in [0.3, 0.4) is 0 Å². The number of rotatable bonds is 3. The summed E-state index contributed by atoms with van der Waals surface area (Å²) in [5.41, 5.74) is 0. The van der Waals surface area contributed by atoms with E-state index in [0.717, 1.165) is 0 Å². The molecule has 0 aromatic carbocycles. The third-order valence-corrected chi connectivity index (χ3v) is 3.03. The molecule has 0 aliphatic carbocycles.